The van der Waals surface area contributed by atoms with E-state index in [1.54, 1.807) is 6.07 Å². The summed E-state index contributed by atoms with van der Waals surface area (Å²) in [6.07, 6.45) is 0. The van der Waals surface area contributed by atoms with E-state index < -0.39 is 5.82 Å². The maximum atomic E-state index is 12.5. The molecular formula is C7H3BFN. The summed E-state index contributed by atoms with van der Waals surface area (Å²) < 4.78 is 12.5. The van der Waals surface area contributed by atoms with Crippen molar-refractivity contribution >= 4 is 13.3 Å². The average Bonchev–Trinajstić information content (AvgIpc) is 1.88. The van der Waals surface area contributed by atoms with Crippen LogP contribution in [-0.4, -0.2) is 7.85 Å². The van der Waals surface area contributed by atoms with Gasteiger partial charge in [0.15, 0.2) is 0 Å². The van der Waals surface area contributed by atoms with E-state index in [1.165, 1.54) is 18.2 Å². The van der Waals surface area contributed by atoms with Crippen LogP contribution in [0.15, 0.2) is 18.2 Å². The molecule has 1 aromatic carbocycles. The SMILES string of the molecule is [B]c1cccc(F)c1C#N. The van der Waals surface area contributed by atoms with E-state index in [0.29, 0.717) is 0 Å². The number of halogens is 1. The maximum absolute atomic E-state index is 12.5. The molecule has 0 bridgehead atoms. The molecule has 10 heavy (non-hydrogen) atoms. The van der Waals surface area contributed by atoms with E-state index in [9.17, 15) is 4.39 Å². The Hall–Kier alpha value is -1.30. The molecular weight excluding hydrogens is 128 g/mol. The molecule has 0 saturated carbocycles. The van der Waals surface area contributed by atoms with Gasteiger partial charge in [-0.15, -0.1) is 0 Å². The molecule has 0 spiro atoms. The van der Waals surface area contributed by atoms with Gasteiger partial charge in [0, 0.05) is 0 Å². The smallest absolute Gasteiger partial charge is 0.140 e. The van der Waals surface area contributed by atoms with Crippen LogP contribution in [0, 0.1) is 17.1 Å². The quantitative estimate of drug-likeness (QED) is 0.470. The van der Waals surface area contributed by atoms with Crippen molar-refractivity contribution in [2.24, 2.45) is 0 Å². The third-order valence-corrected chi connectivity index (χ3v) is 1.16. The van der Waals surface area contributed by atoms with Gasteiger partial charge in [0.25, 0.3) is 0 Å². The van der Waals surface area contributed by atoms with Crippen LogP contribution >= 0.6 is 0 Å². The zero-order valence-corrected chi connectivity index (χ0v) is 5.13. The summed E-state index contributed by atoms with van der Waals surface area (Å²) in [5.41, 5.74) is 0.102. The van der Waals surface area contributed by atoms with Crippen molar-refractivity contribution in [3.05, 3.63) is 29.6 Å². The lowest BCUT2D eigenvalue weighted by Crippen LogP contribution is -2.08. The van der Waals surface area contributed by atoms with Crippen molar-refractivity contribution in [1.29, 1.82) is 5.26 Å². The summed E-state index contributed by atoms with van der Waals surface area (Å²) >= 11 is 0. The lowest BCUT2D eigenvalue weighted by Gasteiger charge is -1.95. The molecule has 1 rings (SSSR count). The Labute approximate surface area is 59.5 Å². The van der Waals surface area contributed by atoms with Crippen LogP contribution < -0.4 is 5.46 Å². The van der Waals surface area contributed by atoms with Gasteiger partial charge < -0.3 is 0 Å². The lowest BCUT2D eigenvalue weighted by atomic mass is 9.91. The highest BCUT2D eigenvalue weighted by molar-refractivity contribution is 6.33. The third-order valence-electron chi connectivity index (χ3n) is 1.16. The Morgan fingerprint density at radius 2 is 2.20 bits per heavy atom. The zero-order chi connectivity index (χ0) is 7.56. The number of hydrogen-bond acceptors (Lipinski definition) is 1. The molecule has 0 atom stereocenters. The number of benzene rings is 1. The molecule has 0 unspecified atom stereocenters. The number of nitrogens with zero attached hydrogens (tertiary/aromatic N) is 1. The van der Waals surface area contributed by atoms with Crippen LogP contribution in [0.3, 0.4) is 0 Å². The monoisotopic (exact) mass is 131 g/mol. The fraction of sp³-hybridized carbons (Fsp3) is 0. The van der Waals surface area contributed by atoms with Crippen LogP contribution in [0.5, 0.6) is 0 Å². The average molecular weight is 131 g/mol. The van der Waals surface area contributed by atoms with E-state index in [0.717, 1.165) is 0 Å². The van der Waals surface area contributed by atoms with Gasteiger partial charge in [-0.05, 0) is 6.07 Å². The molecule has 0 aliphatic rings. The largest absolute Gasteiger partial charge is 0.206 e. The minimum atomic E-state index is -0.567. The zero-order valence-electron chi connectivity index (χ0n) is 5.13. The van der Waals surface area contributed by atoms with Crippen LogP contribution in [-0.2, 0) is 0 Å². The topological polar surface area (TPSA) is 23.8 Å². The molecule has 0 amide bonds. The fourth-order valence-corrected chi connectivity index (χ4v) is 0.659. The van der Waals surface area contributed by atoms with E-state index >= 15 is 0 Å². The van der Waals surface area contributed by atoms with E-state index in [1.807, 2.05) is 0 Å². The highest BCUT2D eigenvalue weighted by Gasteiger charge is 2.00. The summed E-state index contributed by atoms with van der Waals surface area (Å²) in [6.45, 7) is 0. The Bertz CT molecular complexity index is 270. The first-order chi connectivity index (χ1) is 4.75. The van der Waals surface area contributed by atoms with Crippen LogP contribution in [0.1, 0.15) is 5.56 Å². The number of hydrogen-bond donors (Lipinski definition) is 0. The van der Waals surface area contributed by atoms with E-state index in [4.69, 9.17) is 13.1 Å². The van der Waals surface area contributed by atoms with Crippen molar-refractivity contribution in [2.45, 2.75) is 0 Å². The molecule has 0 heterocycles. The van der Waals surface area contributed by atoms with Crippen molar-refractivity contribution in [3.8, 4) is 6.07 Å². The van der Waals surface area contributed by atoms with Gasteiger partial charge in [0.1, 0.15) is 19.7 Å². The molecule has 46 valence electrons. The minimum absolute atomic E-state index is 0.0810. The standard InChI is InChI=1S/C7H3BFN/c8-6-2-1-3-7(9)5(6)4-10/h1-3H. The van der Waals surface area contributed by atoms with Crippen LogP contribution in [0.2, 0.25) is 0 Å². The Morgan fingerprint density at radius 3 is 2.60 bits per heavy atom. The van der Waals surface area contributed by atoms with Crippen LogP contribution in [0.25, 0.3) is 0 Å². The van der Waals surface area contributed by atoms with Gasteiger partial charge in [0.2, 0.25) is 0 Å². The fourth-order valence-electron chi connectivity index (χ4n) is 0.659. The van der Waals surface area contributed by atoms with Crippen molar-refractivity contribution < 1.29 is 4.39 Å². The Balaban J connectivity index is 3.34. The van der Waals surface area contributed by atoms with Crippen molar-refractivity contribution in [3.63, 3.8) is 0 Å². The second-order valence-corrected chi connectivity index (χ2v) is 1.82. The minimum Gasteiger partial charge on any atom is -0.206 e. The molecule has 1 aromatic rings. The lowest BCUT2D eigenvalue weighted by molar-refractivity contribution is 0.625. The second-order valence-electron chi connectivity index (χ2n) is 1.82. The molecule has 0 aliphatic carbocycles. The predicted octanol–water partition coefficient (Wildman–Crippen LogP) is 0.491. The maximum Gasteiger partial charge on any atom is 0.140 e. The number of rotatable bonds is 0. The van der Waals surface area contributed by atoms with Gasteiger partial charge >= 0.3 is 0 Å². The molecule has 2 radical (unpaired) electrons. The first kappa shape index (κ1) is 6.82. The summed E-state index contributed by atoms with van der Waals surface area (Å²) in [4.78, 5) is 0. The Kier molecular flexibility index (Phi) is 1.72. The predicted molar refractivity (Wildman–Crippen MR) is 36.5 cm³/mol. The molecule has 3 heteroatoms. The van der Waals surface area contributed by atoms with Gasteiger partial charge in [-0.3, -0.25) is 0 Å². The van der Waals surface area contributed by atoms with E-state index in [2.05, 4.69) is 0 Å². The molecule has 0 N–H and O–H groups in total. The number of nitriles is 1. The summed E-state index contributed by atoms with van der Waals surface area (Å²) in [6, 6.07) is 5.82. The molecule has 0 fully saturated rings. The first-order valence-corrected chi connectivity index (χ1v) is 2.70. The van der Waals surface area contributed by atoms with Crippen molar-refractivity contribution in [2.75, 3.05) is 0 Å². The highest BCUT2D eigenvalue weighted by atomic mass is 19.1. The molecule has 0 saturated heterocycles. The summed E-state index contributed by atoms with van der Waals surface area (Å²) in [5.74, 6) is -0.567. The van der Waals surface area contributed by atoms with Gasteiger partial charge in [-0.2, -0.15) is 5.26 Å². The third kappa shape index (κ3) is 1.01. The Morgan fingerprint density at radius 1 is 1.50 bits per heavy atom. The molecule has 1 nitrogen and oxygen atoms in total. The van der Waals surface area contributed by atoms with Gasteiger partial charge in [0.05, 0.1) is 5.56 Å². The summed E-state index contributed by atoms with van der Waals surface area (Å²) in [7, 11) is 5.27. The van der Waals surface area contributed by atoms with E-state index in [-0.39, 0.29) is 11.0 Å². The first-order valence-electron chi connectivity index (χ1n) is 2.70. The highest BCUT2D eigenvalue weighted by Crippen LogP contribution is 1.99. The summed E-state index contributed by atoms with van der Waals surface area (Å²) in [5, 5.41) is 8.33. The van der Waals surface area contributed by atoms with Gasteiger partial charge in [-0.1, -0.05) is 17.6 Å². The normalized spacial score (nSPS) is 8.80. The molecule has 0 aromatic heterocycles. The van der Waals surface area contributed by atoms with Crippen LogP contribution in [0.4, 0.5) is 4.39 Å². The second kappa shape index (κ2) is 2.53. The van der Waals surface area contributed by atoms with Gasteiger partial charge in [-0.25, -0.2) is 4.39 Å². The van der Waals surface area contributed by atoms with Crippen molar-refractivity contribution in [1.82, 2.24) is 0 Å². The molecule has 0 aliphatic heterocycles.